The van der Waals surface area contributed by atoms with Crippen LogP contribution in [0.15, 0.2) is 65.8 Å². The molecule has 4 heterocycles. The molecule has 6 rings (SSSR count). The molecule has 182 valence electrons. The molecule has 1 atom stereocenters. The molecule has 9 heteroatoms. The third kappa shape index (κ3) is 4.42. The molecule has 2 aliphatic rings. The van der Waals surface area contributed by atoms with Gasteiger partial charge in [0.25, 0.3) is 10.0 Å². The van der Waals surface area contributed by atoms with Crippen LogP contribution in [-0.2, 0) is 10.0 Å². The van der Waals surface area contributed by atoms with Gasteiger partial charge in [-0.05, 0) is 60.9 Å². The first-order valence-electron chi connectivity index (χ1n) is 12.3. The van der Waals surface area contributed by atoms with Crippen LogP contribution in [0.1, 0.15) is 19.3 Å². The number of hydrogen-bond donors (Lipinski definition) is 0. The second-order valence-corrected chi connectivity index (χ2v) is 12.0. The number of pyridine rings is 1. The Kier molecular flexibility index (Phi) is 6.18. The van der Waals surface area contributed by atoms with E-state index in [2.05, 4.69) is 39.0 Å². The summed E-state index contributed by atoms with van der Waals surface area (Å²) in [4.78, 5) is 9.15. The van der Waals surface area contributed by atoms with Crippen LogP contribution in [0.4, 0.5) is 5.82 Å². The average Bonchev–Trinajstić information content (AvgIpc) is 3.55. The van der Waals surface area contributed by atoms with Gasteiger partial charge >= 0.3 is 0 Å². The highest BCUT2D eigenvalue weighted by Crippen LogP contribution is 2.31. The Morgan fingerprint density at radius 2 is 1.71 bits per heavy atom. The molecule has 0 bridgehead atoms. The molecule has 7 nitrogen and oxygen atoms in total. The summed E-state index contributed by atoms with van der Waals surface area (Å²) in [5.41, 5.74) is 0. The molecule has 0 radical (unpaired) electrons. The Balaban J connectivity index is 1.09. The van der Waals surface area contributed by atoms with Crippen molar-refractivity contribution in [3.8, 4) is 0 Å². The first-order chi connectivity index (χ1) is 17.1. The molecule has 2 aromatic carbocycles. The van der Waals surface area contributed by atoms with E-state index in [1.807, 2.05) is 24.3 Å². The number of sulfonamides is 1. The Morgan fingerprint density at radius 1 is 0.943 bits per heavy atom. The van der Waals surface area contributed by atoms with Crippen molar-refractivity contribution < 1.29 is 8.42 Å². The lowest BCUT2D eigenvalue weighted by Crippen LogP contribution is -2.48. The van der Waals surface area contributed by atoms with E-state index < -0.39 is 10.0 Å². The lowest BCUT2D eigenvalue weighted by atomic mass is 10.1. The van der Waals surface area contributed by atoms with Crippen LogP contribution in [0.2, 0.25) is 0 Å². The Hall–Kier alpha value is -2.59. The van der Waals surface area contributed by atoms with Crippen LogP contribution in [-0.4, -0.2) is 72.3 Å². The summed E-state index contributed by atoms with van der Waals surface area (Å²) in [6.07, 6.45) is 4.34. The molecule has 0 spiro atoms. The van der Waals surface area contributed by atoms with Crippen molar-refractivity contribution >= 4 is 48.2 Å². The highest BCUT2D eigenvalue weighted by molar-refractivity contribution is 7.89. The standard InChI is InChI=1S/C26H29N5O2S2/c32-35(33,25-18-20-6-1-2-7-21(20)19-27-25)31-12-5-8-22(31)11-13-29-14-16-30(17-15-29)26-23-9-3-4-10-24(23)34-28-26/h1-4,6-7,9-10,18-19,22H,5,8,11-17H2/t22-/m1/s1. The second kappa shape index (κ2) is 9.46. The molecular formula is C26H29N5O2S2. The molecule has 2 fully saturated rings. The van der Waals surface area contributed by atoms with Crippen molar-refractivity contribution in [1.29, 1.82) is 0 Å². The maximum Gasteiger partial charge on any atom is 0.260 e. The topological polar surface area (TPSA) is 69.6 Å². The number of piperazine rings is 1. The van der Waals surface area contributed by atoms with Crippen molar-refractivity contribution in [2.24, 2.45) is 0 Å². The van der Waals surface area contributed by atoms with Crippen molar-refractivity contribution in [3.63, 3.8) is 0 Å². The van der Waals surface area contributed by atoms with E-state index in [-0.39, 0.29) is 11.1 Å². The zero-order valence-corrected chi connectivity index (χ0v) is 21.2. The van der Waals surface area contributed by atoms with Gasteiger partial charge < -0.3 is 4.90 Å². The summed E-state index contributed by atoms with van der Waals surface area (Å²) in [6, 6.07) is 17.9. The second-order valence-electron chi connectivity index (χ2n) is 9.40. The molecule has 0 saturated carbocycles. The van der Waals surface area contributed by atoms with E-state index in [1.54, 1.807) is 28.1 Å². The monoisotopic (exact) mass is 507 g/mol. The average molecular weight is 508 g/mol. The minimum Gasteiger partial charge on any atom is -0.353 e. The van der Waals surface area contributed by atoms with E-state index in [1.165, 1.54) is 10.1 Å². The van der Waals surface area contributed by atoms with Gasteiger partial charge in [-0.1, -0.05) is 36.4 Å². The van der Waals surface area contributed by atoms with Gasteiger partial charge in [0.2, 0.25) is 0 Å². The van der Waals surface area contributed by atoms with Crippen molar-refractivity contribution in [2.45, 2.75) is 30.3 Å². The minimum atomic E-state index is -3.60. The van der Waals surface area contributed by atoms with Gasteiger partial charge in [0.15, 0.2) is 5.03 Å². The fourth-order valence-corrected chi connectivity index (χ4v) is 7.82. The summed E-state index contributed by atoms with van der Waals surface area (Å²) in [6.45, 7) is 5.32. The van der Waals surface area contributed by atoms with Gasteiger partial charge in [0.1, 0.15) is 5.82 Å². The van der Waals surface area contributed by atoms with Crippen molar-refractivity contribution in [3.05, 3.63) is 60.8 Å². The molecule has 0 amide bonds. The summed E-state index contributed by atoms with van der Waals surface area (Å²) >= 11 is 1.56. The zero-order valence-electron chi connectivity index (χ0n) is 19.6. The molecule has 0 N–H and O–H groups in total. The molecule has 4 aromatic rings. The SMILES string of the molecule is O=S(=O)(c1cc2ccccc2cn1)N1CCC[C@@H]1CCN1CCN(c2nsc3ccccc23)CC1. The van der Waals surface area contributed by atoms with E-state index in [9.17, 15) is 8.42 Å². The van der Waals surface area contributed by atoms with Crippen LogP contribution < -0.4 is 4.90 Å². The first-order valence-corrected chi connectivity index (χ1v) is 14.5. The fraction of sp³-hybridized carbons (Fsp3) is 0.385. The van der Waals surface area contributed by atoms with E-state index in [0.717, 1.165) is 68.6 Å². The third-order valence-electron chi connectivity index (χ3n) is 7.31. The number of fused-ring (bicyclic) bond motifs is 2. The summed E-state index contributed by atoms with van der Waals surface area (Å²) in [7, 11) is -3.60. The Labute approximate surface area is 210 Å². The Morgan fingerprint density at radius 3 is 2.57 bits per heavy atom. The van der Waals surface area contributed by atoms with E-state index >= 15 is 0 Å². The van der Waals surface area contributed by atoms with Crippen LogP contribution in [0.3, 0.4) is 0 Å². The minimum absolute atomic E-state index is 0.0359. The van der Waals surface area contributed by atoms with Gasteiger partial charge in [-0.25, -0.2) is 13.4 Å². The van der Waals surface area contributed by atoms with Crippen molar-refractivity contribution in [1.82, 2.24) is 18.6 Å². The summed E-state index contributed by atoms with van der Waals surface area (Å²) in [5, 5.41) is 3.25. The molecule has 2 aliphatic heterocycles. The van der Waals surface area contributed by atoms with E-state index in [0.29, 0.717) is 6.54 Å². The summed E-state index contributed by atoms with van der Waals surface area (Å²) < 4.78 is 34.6. The smallest absolute Gasteiger partial charge is 0.260 e. The Bertz CT molecular complexity index is 1450. The molecule has 0 aliphatic carbocycles. The highest BCUT2D eigenvalue weighted by Gasteiger charge is 2.36. The zero-order chi connectivity index (χ0) is 23.8. The predicted octanol–water partition coefficient (Wildman–Crippen LogP) is 4.21. The van der Waals surface area contributed by atoms with Gasteiger partial charge in [-0.2, -0.15) is 8.68 Å². The van der Waals surface area contributed by atoms with Crippen LogP contribution in [0.25, 0.3) is 20.9 Å². The molecule has 0 unspecified atom stereocenters. The first kappa shape index (κ1) is 22.8. The predicted molar refractivity (Wildman–Crippen MR) is 142 cm³/mol. The van der Waals surface area contributed by atoms with Crippen LogP contribution in [0, 0.1) is 0 Å². The molecular weight excluding hydrogens is 478 g/mol. The van der Waals surface area contributed by atoms with Gasteiger partial charge in [-0.15, -0.1) is 0 Å². The van der Waals surface area contributed by atoms with Crippen LogP contribution in [0.5, 0.6) is 0 Å². The highest BCUT2D eigenvalue weighted by atomic mass is 32.2. The van der Waals surface area contributed by atoms with Crippen LogP contribution >= 0.6 is 11.5 Å². The van der Waals surface area contributed by atoms with Gasteiger partial charge in [0.05, 0.1) is 4.70 Å². The molecule has 2 aromatic heterocycles. The van der Waals surface area contributed by atoms with Gasteiger partial charge in [0, 0.05) is 55.7 Å². The quantitative estimate of drug-likeness (QED) is 0.389. The number of anilines is 1. The maximum atomic E-state index is 13.5. The number of nitrogens with zero attached hydrogens (tertiary/aromatic N) is 5. The normalized spacial score (nSPS) is 20.2. The summed E-state index contributed by atoms with van der Waals surface area (Å²) in [5.74, 6) is 1.10. The number of hydrogen-bond acceptors (Lipinski definition) is 7. The number of aromatic nitrogens is 2. The maximum absolute atomic E-state index is 13.5. The van der Waals surface area contributed by atoms with Gasteiger partial charge in [-0.3, -0.25) is 4.90 Å². The molecule has 2 saturated heterocycles. The van der Waals surface area contributed by atoms with Crippen molar-refractivity contribution in [2.75, 3.05) is 44.2 Å². The molecule has 35 heavy (non-hydrogen) atoms. The lowest BCUT2D eigenvalue weighted by molar-refractivity contribution is 0.232. The fourth-order valence-electron chi connectivity index (χ4n) is 5.35. The number of benzene rings is 2. The van der Waals surface area contributed by atoms with E-state index in [4.69, 9.17) is 4.37 Å². The largest absolute Gasteiger partial charge is 0.353 e. The third-order valence-corrected chi connectivity index (χ3v) is 9.98. The number of rotatable bonds is 6. The lowest BCUT2D eigenvalue weighted by Gasteiger charge is -2.36.